The summed E-state index contributed by atoms with van der Waals surface area (Å²) < 4.78 is 47.6. The van der Waals surface area contributed by atoms with Crippen molar-refractivity contribution in [2.45, 2.75) is 31.3 Å². The predicted octanol–water partition coefficient (Wildman–Crippen LogP) is 3.95. The minimum atomic E-state index is -3.94. The molecule has 1 atom stereocenters. The van der Waals surface area contributed by atoms with Crippen LogP contribution in [0.4, 0.5) is 4.39 Å². The maximum Gasteiger partial charge on any atom is 0.241 e. The monoisotopic (exact) mass is 458 g/mol. The molecular weight excluding hydrogens is 431 g/mol. The van der Waals surface area contributed by atoms with Gasteiger partial charge in [0.1, 0.15) is 6.04 Å². The number of fused-ring (bicyclic) bond motifs is 1. The molecule has 3 aromatic rings. The van der Waals surface area contributed by atoms with E-state index in [0.29, 0.717) is 5.56 Å². The summed E-state index contributed by atoms with van der Waals surface area (Å²) in [5.41, 5.74) is 0.569. The molecule has 1 amide bonds. The highest BCUT2D eigenvalue weighted by Crippen LogP contribution is 2.21. The van der Waals surface area contributed by atoms with Crippen LogP contribution in [0.1, 0.15) is 19.4 Å². The molecule has 3 aromatic carbocycles. The average Bonchev–Trinajstić information content (AvgIpc) is 2.76. The smallest absolute Gasteiger partial charge is 0.241 e. The highest BCUT2D eigenvalue weighted by Gasteiger charge is 2.30. The van der Waals surface area contributed by atoms with Crippen LogP contribution in [0.15, 0.2) is 65.6 Å². The van der Waals surface area contributed by atoms with Crippen molar-refractivity contribution in [2.75, 3.05) is 14.2 Å². The number of sulfonamides is 1. The molecule has 3 rings (SSSR count). The van der Waals surface area contributed by atoms with Crippen molar-refractivity contribution in [1.29, 1.82) is 0 Å². The number of ether oxygens (including phenoxy) is 1. The van der Waals surface area contributed by atoms with E-state index in [2.05, 4.69) is 4.72 Å². The Hall–Kier alpha value is -2.97. The topological polar surface area (TPSA) is 75.7 Å². The lowest BCUT2D eigenvalue weighted by atomic mass is 10.0. The fourth-order valence-electron chi connectivity index (χ4n) is 3.44. The molecule has 8 heteroatoms. The zero-order valence-corrected chi connectivity index (χ0v) is 19.3. The number of likely N-dealkylation sites (N-methyl/N-ethyl adjacent to an activating group) is 1. The molecule has 0 saturated carbocycles. The van der Waals surface area contributed by atoms with Crippen LogP contribution in [0.3, 0.4) is 0 Å². The van der Waals surface area contributed by atoms with Gasteiger partial charge in [-0.25, -0.2) is 12.8 Å². The maximum absolute atomic E-state index is 14.0. The van der Waals surface area contributed by atoms with E-state index in [1.54, 1.807) is 39.1 Å². The first-order valence-corrected chi connectivity index (χ1v) is 11.7. The third-order valence-electron chi connectivity index (χ3n) is 5.26. The summed E-state index contributed by atoms with van der Waals surface area (Å²) in [7, 11) is -1.000. The van der Waals surface area contributed by atoms with E-state index in [0.717, 1.165) is 10.8 Å². The number of amides is 1. The van der Waals surface area contributed by atoms with Gasteiger partial charge in [0.15, 0.2) is 11.6 Å². The molecule has 0 radical (unpaired) electrons. The average molecular weight is 459 g/mol. The van der Waals surface area contributed by atoms with Crippen molar-refractivity contribution < 1.29 is 22.3 Å². The Balaban J connectivity index is 1.80. The van der Waals surface area contributed by atoms with Gasteiger partial charge in [0.2, 0.25) is 15.9 Å². The summed E-state index contributed by atoms with van der Waals surface area (Å²) in [4.78, 5) is 14.6. The van der Waals surface area contributed by atoms with Crippen LogP contribution in [-0.2, 0) is 21.4 Å². The first-order chi connectivity index (χ1) is 15.1. The van der Waals surface area contributed by atoms with Crippen molar-refractivity contribution in [3.05, 3.63) is 72.0 Å². The molecular formula is C24H27FN2O4S. The molecule has 0 aliphatic rings. The fourth-order valence-corrected chi connectivity index (χ4v) is 4.81. The second kappa shape index (κ2) is 9.67. The lowest BCUT2D eigenvalue weighted by Crippen LogP contribution is -2.49. The van der Waals surface area contributed by atoms with Gasteiger partial charge in [0.05, 0.1) is 12.0 Å². The highest BCUT2D eigenvalue weighted by atomic mass is 32.2. The standard InChI is InChI=1S/C24H27FN2O4S/c1-16(2)23(24(28)27(3)15-17-9-12-22(31-4)21(25)13-17)26-32(29,30)20-11-10-18-7-5-6-8-19(18)14-20/h5-14,16,23,26H,15H2,1-4H3/t23-/m0/s1. The molecule has 0 aromatic heterocycles. The van der Waals surface area contributed by atoms with Crippen molar-refractivity contribution in [3.8, 4) is 5.75 Å². The second-order valence-electron chi connectivity index (χ2n) is 8.02. The van der Waals surface area contributed by atoms with Crippen molar-refractivity contribution in [1.82, 2.24) is 9.62 Å². The Morgan fingerprint density at radius 2 is 1.75 bits per heavy atom. The number of methoxy groups -OCH3 is 1. The molecule has 0 spiro atoms. The Labute approximate surface area is 188 Å². The summed E-state index contributed by atoms with van der Waals surface area (Å²) >= 11 is 0. The van der Waals surface area contributed by atoms with E-state index in [-0.39, 0.29) is 23.1 Å². The van der Waals surface area contributed by atoms with E-state index in [1.165, 1.54) is 30.2 Å². The van der Waals surface area contributed by atoms with Crippen molar-refractivity contribution in [2.24, 2.45) is 5.92 Å². The molecule has 0 aliphatic heterocycles. The molecule has 0 fully saturated rings. The fraction of sp³-hybridized carbons (Fsp3) is 0.292. The number of nitrogens with zero attached hydrogens (tertiary/aromatic N) is 1. The zero-order valence-electron chi connectivity index (χ0n) is 18.5. The van der Waals surface area contributed by atoms with Crippen LogP contribution in [0.2, 0.25) is 0 Å². The first kappa shape index (κ1) is 23.7. The van der Waals surface area contributed by atoms with E-state index in [9.17, 15) is 17.6 Å². The number of hydrogen-bond acceptors (Lipinski definition) is 4. The van der Waals surface area contributed by atoms with Crippen LogP contribution in [0.5, 0.6) is 5.75 Å². The van der Waals surface area contributed by atoms with E-state index < -0.39 is 27.8 Å². The van der Waals surface area contributed by atoms with Crippen LogP contribution in [0, 0.1) is 11.7 Å². The molecule has 32 heavy (non-hydrogen) atoms. The molecule has 0 aliphatic carbocycles. The number of hydrogen-bond donors (Lipinski definition) is 1. The predicted molar refractivity (Wildman–Crippen MR) is 122 cm³/mol. The van der Waals surface area contributed by atoms with Crippen LogP contribution < -0.4 is 9.46 Å². The molecule has 1 N–H and O–H groups in total. The van der Waals surface area contributed by atoms with Gasteiger partial charge in [-0.3, -0.25) is 4.79 Å². The number of halogens is 1. The summed E-state index contributed by atoms with van der Waals surface area (Å²) in [5.74, 6) is -1.11. The normalized spacial score (nSPS) is 12.7. The number of rotatable bonds is 8. The van der Waals surface area contributed by atoms with Crippen LogP contribution >= 0.6 is 0 Å². The third-order valence-corrected chi connectivity index (χ3v) is 6.70. The Morgan fingerprint density at radius 3 is 2.38 bits per heavy atom. The van der Waals surface area contributed by atoms with Gasteiger partial charge in [-0.05, 0) is 46.5 Å². The second-order valence-corrected chi connectivity index (χ2v) is 9.73. The summed E-state index contributed by atoms with van der Waals surface area (Å²) in [6.07, 6.45) is 0. The number of benzene rings is 3. The molecule has 6 nitrogen and oxygen atoms in total. The van der Waals surface area contributed by atoms with E-state index in [1.807, 2.05) is 24.3 Å². The third kappa shape index (κ3) is 5.26. The minimum absolute atomic E-state index is 0.0922. The molecule has 170 valence electrons. The first-order valence-electron chi connectivity index (χ1n) is 10.2. The number of carbonyl (C=O) groups is 1. The molecule has 0 unspecified atom stereocenters. The van der Waals surface area contributed by atoms with Crippen molar-refractivity contribution >= 4 is 26.7 Å². The van der Waals surface area contributed by atoms with Gasteiger partial charge in [-0.15, -0.1) is 0 Å². The Morgan fingerprint density at radius 1 is 1.06 bits per heavy atom. The summed E-state index contributed by atoms with van der Waals surface area (Å²) in [6, 6.07) is 15.8. The summed E-state index contributed by atoms with van der Waals surface area (Å²) in [5, 5.41) is 1.72. The van der Waals surface area contributed by atoms with Gasteiger partial charge in [-0.1, -0.05) is 50.2 Å². The maximum atomic E-state index is 14.0. The van der Waals surface area contributed by atoms with Gasteiger partial charge < -0.3 is 9.64 Å². The lowest BCUT2D eigenvalue weighted by molar-refractivity contribution is -0.133. The molecule has 0 heterocycles. The highest BCUT2D eigenvalue weighted by molar-refractivity contribution is 7.89. The van der Waals surface area contributed by atoms with E-state index in [4.69, 9.17) is 4.74 Å². The molecule has 0 saturated heterocycles. The van der Waals surface area contributed by atoms with Crippen LogP contribution in [-0.4, -0.2) is 39.4 Å². The number of carbonyl (C=O) groups excluding carboxylic acids is 1. The van der Waals surface area contributed by atoms with Crippen LogP contribution in [0.25, 0.3) is 10.8 Å². The van der Waals surface area contributed by atoms with Crippen molar-refractivity contribution in [3.63, 3.8) is 0 Å². The Kier molecular flexibility index (Phi) is 7.16. The van der Waals surface area contributed by atoms with E-state index >= 15 is 0 Å². The Bertz CT molecular complexity index is 1230. The lowest BCUT2D eigenvalue weighted by Gasteiger charge is -2.27. The molecule has 0 bridgehead atoms. The van der Waals surface area contributed by atoms with Gasteiger partial charge in [-0.2, -0.15) is 4.72 Å². The summed E-state index contributed by atoms with van der Waals surface area (Å²) in [6.45, 7) is 3.67. The van der Waals surface area contributed by atoms with Gasteiger partial charge in [0.25, 0.3) is 0 Å². The van der Waals surface area contributed by atoms with Gasteiger partial charge in [0, 0.05) is 13.6 Å². The number of nitrogens with one attached hydrogen (secondary N) is 1. The largest absolute Gasteiger partial charge is 0.494 e. The minimum Gasteiger partial charge on any atom is -0.494 e. The quantitative estimate of drug-likeness (QED) is 0.555. The SMILES string of the molecule is COc1ccc(CN(C)C(=O)[C@@H](NS(=O)(=O)c2ccc3ccccc3c2)C(C)C)cc1F. The zero-order chi connectivity index (χ0) is 23.5. The van der Waals surface area contributed by atoms with Gasteiger partial charge >= 0.3 is 0 Å².